The zero-order valence-corrected chi connectivity index (χ0v) is 18.6. The molecule has 0 N–H and O–H groups in total. The largest absolute Gasteiger partial charge is 0.423 e. The topological polar surface area (TPSA) is 75.9 Å². The summed E-state index contributed by atoms with van der Waals surface area (Å²) in [5, 5.41) is 13.4. The van der Waals surface area contributed by atoms with Crippen molar-refractivity contribution < 1.29 is 9.53 Å². The van der Waals surface area contributed by atoms with Crippen LogP contribution in [0.15, 0.2) is 35.7 Å². The van der Waals surface area contributed by atoms with Crippen LogP contribution in [0.5, 0.6) is 0 Å². The van der Waals surface area contributed by atoms with Crippen molar-refractivity contribution in [2.24, 2.45) is 5.41 Å². The Kier molecular flexibility index (Phi) is 5.96. The highest BCUT2D eigenvalue weighted by Crippen LogP contribution is 2.36. The number of benzene rings is 1. The molecule has 2 heterocycles. The summed E-state index contributed by atoms with van der Waals surface area (Å²) in [6, 6.07) is 12.0. The van der Waals surface area contributed by atoms with Gasteiger partial charge >= 0.3 is 5.97 Å². The van der Waals surface area contributed by atoms with E-state index in [0.717, 1.165) is 21.3 Å². The van der Waals surface area contributed by atoms with Crippen molar-refractivity contribution in [1.82, 2.24) is 9.97 Å². The van der Waals surface area contributed by atoms with Crippen LogP contribution in [-0.2, 0) is 9.53 Å². The number of carbonyl (C=O) groups excluding carboxylic acids is 1. The van der Waals surface area contributed by atoms with Crippen LogP contribution in [-0.4, -0.2) is 15.9 Å². The van der Waals surface area contributed by atoms with Gasteiger partial charge in [0.15, 0.2) is 5.76 Å². The minimum Gasteiger partial charge on any atom is -0.423 e. The van der Waals surface area contributed by atoms with Crippen LogP contribution in [0.1, 0.15) is 42.0 Å². The van der Waals surface area contributed by atoms with E-state index in [1.807, 2.05) is 49.6 Å². The summed E-state index contributed by atoms with van der Waals surface area (Å²) >= 11 is 2.84. The molecular weight excluding hydrogens is 402 g/mol. The molecule has 5 nitrogen and oxygen atoms in total. The first-order valence-corrected chi connectivity index (χ1v) is 10.7. The van der Waals surface area contributed by atoms with Gasteiger partial charge in [-0.3, -0.25) is 4.79 Å². The van der Waals surface area contributed by atoms with Crippen molar-refractivity contribution in [3.05, 3.63) is 57.0 Å². The number of ether oxygens (including phenoxy) is 1. The van der Waals surface area contributed by atoms with Gasteiger partial charge in [-0.1, -0.05) is 30.3 Å². The molecule has 0 radical (unpaired) electrons. The van der Waals surface area contributed by atoms with Crippen molar-refractivity contribution in [1.29, 1.82) is 5.26 Å². The van der Waals surface area contributed by atoms with Crippen molar-refractivity contribution in [3.8, 4) is 16.6 Å². The summed E-state index contributed by atoms with van der Waals surface area (Å²) in [6.07, 6.45) is 0. The Morgan fingerprint density at radius 2 is 1.83 bits per heavy atom. The molecule has 0 saturated heterocycles. The number of aryl methyl sites for hydroxylation is 2. The highest BCUT2D eigenvalue weighted by Gasteiger charge is 2.29. The molecule has 3 aromatic rings. The molecule has 0 aliphatic rings. The number of carbonyl (C=O) groups is 1. The lowest BCUT2D eigenvalue weighted by molar-refractivity contribution is -0.145. The summed E-state index contributed by atoms with van der Waals surface area (Å²) in [6.45, 7) is 9.06. The first kappa shape index (κ1) is 20.9. The van der Waals surface area contributed by atoms with E-state index in [4.69, 9.17) is 4.74 Å². The Labute approximate surface area is 178 Å². The summed E-state index contributed by atoms with van der Waals surface area (Å²) in [4.78, 5) is 22.4. The molecule has 0 saturated carbocycles. The highest BCUT2D eigenvalue weighted by molar-refractivity contribution is 7.13. The normalized spacial score (nSPS) is 12.3. The highest BCUT2D eigenvalue weighted by atomic mass is 32.1. The third-order valence-electron chi connectivity index (χ3n) is 4.04. The predicted octanol–water partition coefficient (Wildman–Crippen LogP) is 5.86. The fourth-order valence-electron chi connectivity index (χ4n) is 2.52. The molecule has 29 heavy (non-hydrogen) atoms. The van der Waals surface area contributed by atoms with Gasteiger partial charge in [-0.25, -0.2) is 9.97 Å². The minimum atomic E-state index is -0.712. The Morgan fingerprint density at radius 1 is 1.14 bits per heavy atom. The maximum Gasteiger partial charge on any atom is 0.316 e. The van der Waals surface area contributed by atoms with Crippen molar-refractivity contribution >= 4 is 40.0 Å². The van der Waals surface area contributed by atoms with E-state index in [-0.39, 0.29) is 11.3 Å². The van der Waals surface area contributed by atoms with Gasteiger partial charge in [0.25, 0.3) is 0 Å². The molecule has 0 amide bonds. The number of esters is 1. The molecule has 7 heteroatoms. The van der Waals surface area contributed by atoms with E-state index in [0.29, 0.717) is 10.6 Å². The molecule has 1 aromatic carbocycles. The van der Waals surface area contributed by atoms with E-state index < -0.39 is 11.4 Å². The average Bonchev–Trinajstić information content (AvgIpc) is 3.28. The molecule has 0 atom stereocenters. The third-order valence-corrected chi connectivity index (χ3v) is 6.00. The number of nitriles is 1. The van der Waals surface area contributed by atoms with E-state index in [1.54, 1.807) is 20.8 Å². The second-order valence-corrected chi connectivity index (χ2v) is 9.57. The smallest absolute Gasteiger partial charge is 0.316 e. The zero-order chi connectivity index (χ0) is 21.2. The second-order valence-electron chi connectivity index (χ2n) is 7.51. The van der Waals surface area contributed by atoms with Crippen LogP contribution in [0.25, 0.3) is 21.9 Å². The lowest BCUT2D eigenvalue weighted by Gasteiger charge is -2.18. The molecule has 0 unspecified atom stereocenters. The van der Waals surface area contributed by atoms with Gasteiger partial charge < -0.3 is 4.74 Å². The number of hydrogen-bond donors (Lipinski definition) is 0. The van der Waals surface area contributed by atoms with Gasteiger partial charge in [0.1, 0.15) is 16.6 Å². The molecule has 148 valence electrons. The molecule has 3 rings (SSSR count). The first-order chi connectivity index (χ1) is 13.7. The molecule has 0 bridgehead atoms. The van der Waals surface area contributed by atoms with Crippen LogP contribution in [0.4, 0.5) is 0 Å². The lowest BCUT2D eigenvalue weighted by atomic mass is 9.97. The zero-order valence-electron chi connectivity index (χ0n) is 16.9. The lowest BCUT2D eigenvalue weighted by Crippen LogP contribution is -2.22. The second kappa shape index (κ2) is 8.27. The van der Waals surface area contributed by atoms with Crippen LogP contribution >= 0.6 is 22.7 Å². The van der Waals surface area contributed by atoms with Gasteiger partial charge in [-0.2, -0.15) is 5.26 Å². The summed E-state index contributed by atoms with van der Waals surface area (Å²) in [7, 11) is 0. The van der Waals surface area contributed by atoms with Crippen molar-refractivity contribution in [2.75, 3.05) is 0 Å². The Hall–Kier alpha value is -2.82. The Bertz CT molecular complexity index is 1110. The molecule has 0 aliphatic heterocycles. The summed E-state index contributed by atoms with van der Waals surface area (Å²) < 4.78 is 5.77. The summed E-state index contributed by atoms with van der Waals surface area (Å²) in [5.74, 6) is -0.190. The number of nitrogens with zero attached hydrogens (tertiary/aromatic N) is 3. The van der Waals surface area contributed by atoms with E-state index in [2.05, 4.69) is 16.0 Å². The predicted molar refractivity (Wildman–Crippen MR) is 117 cm³/mol. The number of thiazole rings is 2. The SMILES string of the molecule is Cc1nc(C)c(/C(OC(=O)C(C)(C)C)=C(/C#N)c2csc(-c3ccccc3)n2)s1. The number of hydrogen-bond acceptors (Lipinski definition) is 7. The molecule has 0 fully saturated rings. The molecule has 2 aromatic heterocycles. The molecule has 0 spiro atoms. The fraction of sp³-hybridized carbons (Fsp3) is 0.273. The third kappa shape index (κ3) is 4.61. The van der Waals surface area contributed by atoms with Crippen LogP contribution in [0.3, 0.4) is 0 Å². The van der Waals surface area contributed by atoms with Crippen LogP contribution in [0.2, 0.25) is 0 Å². The van der Waals surface area contributed by atoms with E-state index >= 15 is 0 Å². The fourth-order valence-corrected chi connectivity index (χ4v) is 4.25. The monoisotopic (exact) mass is 423 g/mol. The van der Waals surface area contributed by atoms with Gasteiger partial charge in [0.05, 0.1) is 26.7 Å². The van der Waals surface area contributed by atoms with Crippen molar-refractivity contribution in [2.45, 2.75) is 34.6 Å². The van der Waals surface area contributed by atoms with E-state index in [1.165, 1.54) is 22.7 Å². The minimum absolute atomic E-state index is 0.223. The van der Waals surface area contributed by atoms with Gasteiger partial charge in [-0.15, -0.1) is 22.7 Å². The van der Waals surface area contributed by atoms with Gasteiger partial charge in [0.2, 0.25) is 0 Å². The number of rotatable bonds is 4. The Morgan fingerprint density at radius 3 is 2.38 bits per heavy atom. The van der Waals surface area contributed by atoms with E-state index in [9.17, 15) is 10.1 Å². The standard InChI is InChI=1S/C22H21N3O2S2/c1-13-19(29-14(2)24-13)18(27-21(26)22(3,4)5)16(11-23)17-12-28-20(25-17)15-9-7-6-8-10-15/h6-10,12H,1-5H3/b18-16+. The summed E-state index contributed by atoms with van der Waals surface area (Å²) in [5.41, 5.74) is 1.69. The van der Waals surface area contributed by atoms with Crippen molar-refractivity contribution in [3.63, 3.8) is 0 Å². The molecule has 0 aliphatic carbocycles. The maximum atomic E-state index is 12.6. The molecular formula is C22H21N3O2S2. The quantitative estimate of drug-likeness (QED) is 0.298. The van der Waals surface area contributed by atoms with Gasteiger partial charge in [-0.05, 0) is 34.6 Å². The van der Waals surface area contributed by atoms with Crippen LogP contribution < -0.4 is 0 Å². The van der Waals surface area contributed by atoms with Crippen LogP contribution in [0, 0.1) is 30.6 Å². The number of allylic oxidation sites excluding steroid dienone is 1. The maximum absolute atomic E-state index is 12.6. The first-order valence-electron chi connectivity index (χ1n) is 9.03. The Balaban J connectivity index is 2.15. The average molecular weight is 424 g/mol. The number of aromatic nitrogens is 2. The van der Waals surface area contributed by atoms with Gasteiger partial charge in [0, 0.05) is 10.9 Å².